The maximum Gasteiger partial charge on any atom is 0.177 e. The highest BCUT2D eigenvalue weighted by Gasteiger charge is 2.23. The number of nitriles is 1. The van der Waals surface area contributed by atoms with Gasteiger partial charge in [-0.2, -0.15) is 5.26 Å². The van der Waals surface area contributed by atoms with Crippen LogP contribution in [0.4, 0.5) is 11.4 Å². The Kier molecular flexibility index (Phi) is 3.44. The Labute approximate surface area is 116 Å². The predicted octanol–water partition coefficient (Wildman–Crippen LogP) is 2.28. The number of hydrogen-bond acceptors (Lipinski definition) is 6. The molecule has 6 heteroatoms. The second-order valence-corrected chi connectivity index (χ2v) is 4.96. The maximum absolute atomic E-state index is 8.67. The van der Waals surface area contributed by atoms with E-state index in [9.17, 15) is 0 Å². The highest BCUT2D eigenvalue weighted by Crippen LogP contribution is 2.30. The fourth-order valence-electron chi connectivity index (χ4n) is 2.46. The lowest BCUT2D eigenvalue weighted by molar-refractivity contribution is 0.0127. The van der Waals surface area contributed by atoms with E-state index in [0.717, 1.165) is 24.0 Å². The van der Waals surface area contributed by atoms with Crippen LogP contribution in [0, 0.1) is 11.3 Å². The molecular formula is C14H16N4O2. The molecule has 6 nitrogen and oxygen atoms in total. The lowest BCUT2D eigenvalue weighted by Crippen LogP contribution is -2.34. The fourth-order valence-corrected chi connectivity index (χ4v) is 2.46. The second kappa shape index (κ2) is 5.39. The van der Waals surface area contributed by atoms with Crippen molar-refractivity contribution < 1.29 is 9.15 Å². The molecule has 0 amide bonds. The number of anilines is 2. The smallest absolute Gasteiger partial charge is 0.177 e. The number of nitrogens with one attached hydrogen (secondary N) is 1. The van der Waals surface area contributed by atoms with E-state index in [0.29, 0.717) is 24.3 Å². The van der Waals surface area contributed by atoms with Crippen LogP contribution in [0.3, 0.4) is 0 Å². The molecule has 0 aliphatic carbocycles. The molecule has 1 aliphatic heterocycles. The summed E-state index contributed by atoms with van der Waals surface area (Å²) in [6, 6.07) is 4.12. The zero-order chi connectivity index (χ0) is 13.9. The minimum atomic E-state index is 0.0523. The number of nitrogens with two attached hydrogens (primary N) is 1. The number of ether oxygens (including phenoxy) is 1. The zero-order valence-corrected chi connectivity index (χ0v) is 11.0. The van der Waals surface area contributed by atoms with Crippen LogP contribution >= 0.6 is 0 Å². The van der Waals surface area contributed by atoms with E-state index >= 15 is 0 Å². The van der Waals surface area contributed by atoms with Gasteiger partial charge in [0, 0.05) is 12.1 Å². The summed E-state index contributed by atoms with van der Waals surface area (Å²) in [4.78, 5) is 4.20. The molecule has 3 N–H and O–H groups in total. The molecule has 3 rings (SSSR count). The van der Waals surface area contributed by atoms with Crippen molar-refractivity contribution >= 4 is 22.5 Å². The standard InChI is InChI=1S/C14H16N4O2/c15-5-3-10-2-1-9(8-20-10)18-13-11(16)7-17-12-4-6-19-14(12)13/h4,6-7,9-10H,1-3,8,16H2,(H,17,18). The summed E-state index contributed by atoms with van der Waals surface area (Å²) in [6.45, 7) is 0.566. The van der Waals surface area contributed by atoms with E-state index < -0.39 is 0 Å². The van der Waals surface area contributed by atoms with Gasteiger partial charge in [-0.25, -0.2) is 0 Å². The molecule has 1 saturated heterocycles. The summed E-state index contributed by atoms with van der Waals surface area (Å²) >= 11 is 0. The summed E-state index contributed by atoms with van der Waals surface area (Å²) in [6.07, 6.45) is 5.54. The molecule has 104 valence electrons. The number of fused-ring (bicyclic) bond motifs is 1. The van der Waals surface area contributed by atoms with Crippen molar-refractivity contribution in [1.82, 2.24) is 4.98 Å². The number of nitrogen functional groups attached to an aromatic ring is 1. The molecular weight excluding hydrogens is 256 g/mol. The van der Waals surface area contributed by atoms with Crippen LogP contribution < -0.4 is 11.1 Å². The molecule has 0 aromatic carbocycles. The Morgan fingerprint density at radius 3 is 3.15 bits per heavy atom. The molecule has 0 spiro atoms. The lowest BCUT2D eigenvalue weighted by atomic mass is 10.0. The Morgan fingerprint density at radius 2 is 2.40 bits per heavy atom. The van der Waals surface area contributed by atoms with Crippen molar-refractivity contribution in [1.29, 1.82) is 5.26 Å². The molecule has 2 unspecified atom stereocenters. The summed E-state index contributed by atoms with van der Waals surface area (Å²) in [7, 11) is 0. The molecule has 2 aromatic rings. The average Bonchev–Trinajstić information content (AvgIpc) is 2.93. The quantitative estimate of drug-likeness (QED) is 0.889. The highest BCUT2D eigenvalue weighted by atomic mass is 16.5. The van der Waals surface area contributed by atoms with Crippen LogP contribution in [0.5, 0.6) is 0 Å². The maximum atomic E-state index is 8.67. The van der Waals surface area contributed by atoms with E-state index in [1.54, 1.807) is 18.5 Å². The summed E-state index contributed by atoms with van der Waals surface area (Å²) < 4.78 is 11.1. The van der Waals surface area contributed by atoms with E-state index in [2.05, 4.69) is 16.4 Å². The van der Waals surface area contributed by atoms with Gasteiger partial charge in [-0.1, -0.05) is 0 Å². The number of nitrogens with zero attached hydrogens (tertiary/aromatic N) is 2. The summed E-state index contributed by atoms with van der Waals surface area (Å²) in [5.74, 6) is 0. The third kappa shape index (κ3) is 2.40. The third-order valence-corrected chi connectivity index (χ3v) is 3.54. The molecule has 20 heavy (non-hydrogen) atoms. The largest absolute Gasteiger partial charge is 0.460 e. The summed E-state index contributed by atoms with van der Waals surface area (Å²) in [5, 5.41) is 12.0. The minimum Gasteiger partial charge on any atom is -0.460 e. The Bertz CT molecular complexity index is 638. The van der Waals surface area contributed by atoms with Crippen molar-refractivity contribution in [2.45, 2.75) is 31.4 Å². The van der Waals surface area contributed by atoms with Crippen LogP contribution in [-0.4, -0.2) is 23.7 Å². The number of aromatic nitrogens is 1. The first-order valence-electron chi connectivity index (χ1n) is 6.64. The number of pyridine rings is 1. The third-order valence-electron chi connectivity index (χ3n) is 3.54. The van der Waals surface area contributed by atoms with Gasteiger partial charge in [0.05, 0.1) is 43.3 Å². The van der Waals surface area contributed by atoms with Gasteiger partial charge in [0.1, 0.15) is 11.2 Å². The average molecular weight is 272 g/mol. The normalized spacial score (nSPS) is 22.6. The van der Waals surface area contributed by atoms with Crippen molar-refractivity contribution in [2.24, 2.45) is 0 Å². The zero-order valence-electron chi connectivity index (χ0n) is 11.0. The van der Waals surface area contributed by atoms with Gasteiger partial charge >= 0.3 is 0 Å². The van der Waals surface area contributed by atoms with Crippen LogP contribution in [0.2, 0.25) is 0 Å². The highest BCUT2D eigenvalue weighted by molar-refractivity contribution is 5.92. The minimum absolute atomic E-state index is 0.0523. The first-order chi connectivity index (χ1) is 9.78. The van der Waals surface area contributed by atoms with Gasteiger partial charge in [-0.05, 0) is 12.8 Å². The SMILES string of the molecule is N#CCC1CCC(Nc2c(N)cnc3ccoc23)CO1. The van der Waals surface area contributed by atoms with Gasteiger partial charge < -0.3 is 20.2 Å². The van der Waals surface area contributed by atoms with Crippen LogP contribution in [0.1, 0.15) is 19.3 Å². The molecule has 0 bridgehead atoms. The van der Waals surface area contributed by atoms with E-state index in [1.165, 1.54) is 0 Å². The monoisotopic (exact) mass is 272 g/mol. The molecule has 0 radical (unpaired) electrons. The lowest BCUT2D eigenvalue weighted by Gasteiger charge is -2.29. The predicted molar refractivity (Wildman–Crippen MR) is 75.0 cm³/mol. The Balaban J connectivity index is 1.73. The number of furan rings is 1. The molecule has 1 fully saturated rings. The molecule has 0 saturated carbocycles. The van der Waals surface area contributed by atoms with Crippen LogP contribution in [-0.2, 0) is 4.74 Å². The Hall–Kier alpha value is -2.26. The molecule has 1 aliphatic rings. The van der Waals surface area contributed by atoms with Crippen LogP contribution in [0.15, 0.2) is 22.9 Å². The van der Waals surface area contributed by atoms with Crippen molar-refractivity contribution in [2.75, 3.05) is 17.7 Å². The number of rotatable bonds is 3. The molecule has 3 heterocycles. The Morgan fingerprint density at radius 1 is 1.50 bits per heavy atom. The topological polar surface area (TPSA) is 97.1 Å². The van der Waals surface area contributed by atoms with E-state index in [1.807, 2.05) is 0 Å². The van der Waals surface area contributed by atoms with Crippen molar-refractivity contribution in [3.8, 4) is 6.07 Å². The first-order valence-corrected chi connectivity index (χ1v) is 6.64. The van der Waals surface area contributed by atoms with Gasteiger partial charge in [-0.15, -0.1) is 0 Å². The summed E-state index contributed by atoms with van der Waals surface area (Å²) in [5.41, 5.74) is 8.75. The fraction of sp³-hybridized carbons (Fsp3) is 0.429. The molecule has 2 aromatic heterocycles. The first kappa shape index (κ1) is 12.8. The van der Waals surface area contributed by atoms with E-state index in [4.69, 9.17) is 20.1 Å². The molecule has 2 atom stereocenters. The van der Waals surface area contributed by atoms with Crippen molar-refractivity contribution in [3.63, 3.8) is 0 Å². The van der Waals surface area contributed by atoms with Crippen molar-refractivity contribution in [3.05, 3.63) is 18.5 Å². The second-order valence-electron chi connectivity index (χ2n) is 4.96. The van der Waals surface area contributed by atoms with Crippen LogP contribution in [0.25, 0.3) is 11.1 Å². The van der Waals surface area contributed by atoms with Gasteiger partial charge in [0.2, 0.25) is 0 Å². The van der Waals surface area contributed by atoms with Gasteiger partial charge in [0.15, 0.2) is 5.58 Å². The van der Waals surface area contributed by atoms with Gasteiger partial charge in [0.25, 0.3) is 0 Å². The van der Waals surface area contributed by atoms with E-state index in [-0.39, 0.29) is 12.1 Å². The number of hydrogen-bond donors (Lipinski definition) is 2. The van der Waals surface area contributed by atoms with Gasteiger partial charge in [-0.3, -0.25) is 4.98 Å².